The fraction of sp³-hybridized carbons (Fsp3) is 0.527. The Hall–Kier alpha value is -7.55. The lowest BCUT2D eigenvalue weighted by Gasteiger charge is -2.36. The average Bonchev–Trinajstić information content (AvgIpc) is 4.19. The molecule has 0 unspecified atom stereocenters. The smallest absolute Gasteiger partial charge is 0.254 e. The van der Waals surface area contributed by atoms with Gasteiger partial charge in [-0.1, -0.05) is 58.0 Å². The Morgan fingerprint density at radius 1 is 1.00 bits per heavy atom. The highest BCUT2D eigenvalue weighted by Crippen LogP contribution is 2.41. The van der Waals surface area contributed by atoms with E-state index >= 15 is 0 Å². The van der Waals surface area contributed by atoms with Crippen LogP contribution >= 0.6 is 0 Å². The lowest BCUT2D eigenvalue weighted by atomic mass is 9.85. The highest BCUT2D eigenvalue weighted by molar-refractivity contribution is 5.96. The number of benzene rings is 2. The normalized spacial score (nSPS) is 18.3. The van der Waals surface area contributed by atoms with Crippen molar-refractivity contribution in [2.45, 2.75) is 122 Å². The molecular formula is C55H73FN14O8. The molecule has 3 aliphatic heterocycles. The van der Waals surface area contributed by atoms with E-state index in [1.165, 1.54) is 38.9 Å². The van der Waals surface area contributed by atoms with Gasteiger partial charge in [-0.15, -0.1) is 0 Å². The summed E-state index contributed by atoms with van der Waals surface area (Å²) >= 11 is 0. The quantitative estimate of drug-likeness (QED) is 0.0653. The summed E-state index contributed by atoms with van der Waals surface area (Å²) in [4.78, 5) is 95.7. The van der Waals surface area contributed by atoms with Gasteiger partial charge in [0.05, 0.1) is 80.8 Å². The van der Waals surface area contributed by atoms with E-state index in [9.17, 15) is 38.4 Å². The Labute approximate surface area is 454 Å². The number of rotatable bonds is 21. The molecule has 4 aromatic rings. The molecule has 0 spiro atoms. The van der Waals surface area contributed by atoms with Crippen LogP contribution in [0, 0.1) is 22.6 Å². The van der Waals surface area contributed by atoms with E-state index in [2.05, 4.69) is 37.6 Å². The van der Waals surface area contributed by atoms with Crippen LogP contribution in [0.1, 0.15) is 118 Å². The first kappa shape index (κ1) is 58.1. The number of likely N-dealkylation sites (N-methyl/N-ethyl adjacent to an activating group) is 1. The standard InChI is InChI=1S/C55H73FN14O8/c1-8-39(34-13-10-9-11-14-34)64-52(74)43-28-36(31-69(43)54(76)48(55(3,4)5)65-51(73)33(2)59-6)62-46(72)19-24-78-26-25-77-23-18-45(71)60-20-22-70-44(29-57)47-40-30-61-49(58)50(63-40)68-21-12-15-42(68)38-27-35(56)16-17-37(38)53(75)67(7)32-41(47)66-70/h9-11,13-14,16-17,27,30,33,36,39,42-43,48,59H,8,12,15,18-26,28,31-32H2,1-7H3,(H2,58,61)(H,60,71)(H,62,72)(H,64,74)(H,65,73)/t33-,36-,39+,42-,43-,48+/m1/s1. The number of hydrogen-bond donors (Lipinski definition) is 6. The van der Waals surface area contributed by atoms with Crippen molar-refractivity contribution in [1.82, 2.24) is 56.1 Å². The van der Waals surface area contributed by atoms with Crippen molar-refractivity contribution in [3.05, 3.63) is 88.6 Å². The van der Waals surface area contributed by atoms with Gasteiger partial charge >= 0.3 is 0 Å². The molecule has 23 heteroatoms. The van der Waals surface area contributed by atoms with Crippen molar-refractivity contribution in [2.75, 3.05) is 70.8 Å². The van der Waals surface area contributed by atoms with Crippen LogP contribution in [0.2, 0.25) is 0 Å². The minimum absolute atomic E-state index is 0.00404. The van der Waals surface area contributed by atoms with E-state index in [4.69, 9.17) is 25.3 Å². The zero-order valence-electron chi connectivity index (χ0n) is 45.6. The van der Waals surface area contributed by atoms with Gasteiger partial charge in [0.1, 0.15) is 29.7 Å². The van der Waals surface area contributed by atoms with Crippen LogP contribution in [0.25, 0.3) is 11.3 Å². The van der Waals surface area contributed by atoms with Gasteiger partial charge in [0.2, 0.25) is 29.5 Å². The highest BCUT2D eigenvalue weighted by Gasteiger charge is 2.46. The lowest BCUT2D eigenvalue weighted by Crippen LogP contribution is -2.59. The largest absolute Gasteiger partial charge is 0.381 e. The third kappa shape index (κ3) is 13.9. The molecule has 2 saturated heterocycles. The van der Waals surface area contributed by atoms with Crippen molar-refractivity contribution >= 4 is 47.1 Å². The maximum absolute atomic E-state index is 14.7. The molecule has 6 atom stereocenters. The Kier molecular flexibility index (Phi) is 19.5. The molecule has 418 valence electrons. The minimum Gasteiger partial charge on any atom is -0.381 e. The van der Waals surface area contributed by atoms with Crippen LogP contribution in [-0.2, 0) is 46.5 Å². The van der Waals surface area contributed by atoms with Crippen LogP contribution < -0.4 is 37.2 Å². The van der Waals surface area contributed by atoms with E-state index in [1.807, 2.05) is 62.9 Å². The fourth-order valence-electron chi connectivity index (χ4n) is 10.1. The van der Waals surface area contributed by atoms with Gasteiger partial charge in [-0.25, -0.2) is 14.4 Å². The first-order chi connectivity index (χ1) is 37.3. The molecule has 3 aliphatic rings. The van der Waals surface area contributed by atoms with Crippen LogP contribution in [0.4, 0.5) is 16.0 Å². The van der Waals surface area contributed by atoms with Crippen molar-refractivity contribution in [2.24, 2.45) is 5.41 Å². The molecule has 2 aromatic heterocycles. The zero-order valence-corrected chi connectivity index (χ0v) is 45.6. The summed E-state index contributed by atoms with van der Waals surface area (Å²) in [6, 6.07) is 12.3. The van der Waals surface area contributed by atoms with Crippen molar-refractivity contribution in [3.8, 4) is 17.3 Å². The second-order valence-corrected chi connectivity index (χ2v) is 21.0. The Bertz CT molecular complexity index is 2850. The molecule has 0 aliphatic carbocycles. The third-order valence-electron chi connectivity index (χ3n) is 14.4. The summed E-state index contributed by atoms with van der Waals surface area (Å²) in [5.41, 5.74) is 8.71. The number of hydrogen-bond acceptors (Lipinski definition) is 15. The molecule has 5 heterocycles. The van der Waals surface area contributed by atoms with Crippen LogP contribution in [0.15, 0.2) is 54.7 Å². The van der Waals surface area contributed by atoms with Gasteiger partial charge in [-0.3, -0.25) is 33.4 Å². The second kappa shape index (κ2) is 26.2. The van der Waals surface area contributed by atoms with E-state index in [0.29, 0.717) is 53.3 Å². The van der Waals surface area contributed by atoms with E-state index in [0.717, 1.165) is 12.0 Å². The Morgan fingerprint density at radius 3 is 2.40 bits per heavy atom. The summed E-state index contributed by atoms with van der Waals surface area (Å²) in [7, 11) is 3.27. The molecule has 78 heavy (non-hydrogen) atoms. The Morgan fingerprint density at radius 2 is 1.72 bits per heavy atom. The van der Waals surface area contributed by atoms with Crippen LogP contribution in [0.3, 0.4) is 0 Å². The number of likely N-dealkylation sites (tertiary alicyclic amines) is 1. The maximum Gasteiger partial charge on any atom is 0.254 e. The van der Waals surface area contributed by atoms with Crippen LogP contribution in [0.5, 0.6) is 0 Å². The molecule has 0 radical (unpaired) electrons. The number of nitrogens with two attached hydrogens (primary N) is 1. The monoisotopic (exact) mass is 1080 g/mol. The number of nitrogen functional groups attached to an aromatic ring is 1. The minimum atomic E-state index is -0.954. The number of amides is 6. The number of anilines is 2. The number of nitrogens with one attached hydrogen (secondary N) is 5. The SMILES string of the molecule is CC[C@H](NC(=O)[C@H]1C[C@@H](NC(=O)CCOCCOCCC(=O)NCCn2nc3c(c2C#N)-c2cnc(N)c(n2)N2CCC[C@@H]2c2cc(F)ccc2C(=O)N(C)C3)CN1C(=O)[C@H](NC(=O)[C@@H](C)NC)C(C)(C)C)c1ccccc1. The van der Waals surface area contributed by atoms with Crippen molar-refractivity contribution < 1.29 is 42.6 Å². The van der Waals surface area contributed by atoms with Gasteiger partial charge in [0.25, 0.3) is 5.91 Å². The van der Waals surface area contributed by atoms with Crippen molar-refractivity contribution in [1.29, 1.82) is 5.26 Å². The van der Waals surface area contributed by atoms with E-state index < -0.39 is 41.3 Å². The van der Waals surface area contributed by atoms with Gasteiger partial charge < -0.3 is 56.5 Å². The molecular weight excluding hydrogens is 1000 g/mol. The second-order valence-electron chi connectivity index (χ2n) is 21.0. The lowest BCUT2D eigenvalue weighted by molar-refractivity contribution is -0.144. The number of carbonyl (C=O) groups excluding carboxylic acids is 6. The molecule has 22 nitrogen and oxygen atoms in total. The third-order valence-corrected chi connectivity index (χ3v) is 14.4. The molecule has 7 rings (SSSR count). The molecule has 2 bridgehead atoms. The predicted octanol–water partition coefficient (Wildman–Crippen LogP) is 3.28. The summed E-state index contributed by atoms with van der Waals surface area (Å²) < 4.78 is 27.5. The van der Waals surface area contributed by atoms with Crippen molar-refractivity contribution in [3.63, 3.8) is 0 Å². The molecule has 6 amide bonds. The van der Waals surface area contributed by atoms with Gasteiger partial charge in [-0.05, 0) is 74.4 Å². The van der Waals surface area contributed by atoms with E-state index in [1.54, 1.807) is 21.0 Å². The number of ether oxygens (including phenoxy) is 2. The van der Waals surface area contributed by atoms with Gasteiger partial charge in [0.15, 0.2) is 11.6 Å². The zero-order chi connectivity index (χ0) is 56.3. The maximum atomic E-state index is 14.7. The molecule has 0 saturated carbocycles. The summed E-state index contributed by atoms with van der Waals surface area (Å²) in [6.45, 7) is 10.5. The Balaban J connectivity index is 0.876. The number of carbonyl (C=O) groups is 6. The summed E-state index contributed by atoms with van der Waals surface area (Å²) in [5, 5.41) is 29.9. The first-order valence-electron chi connectivity index (χ1n) is 26.6. The molecule has 2 fully saturated rings. The summed E-state index contributed by atoms with van der Waals surface area (Å²) in [5.74, 6) is -2.07. The number of nitriles is 1. The van der Waals surface area contributed by atoms with Gasteiger partial charge in [0, 0.05) is 51.1 Å². The summed E-state index contributed by atoms with van der Waals surface area (Å²) in [6.07, 6.45) is 3.67. The average molecular weight is 1080 g/mol. The molecule has 2 aromatic carbocycles. The van der Waals surface area contributed by atoms with E-state index in [-0.39, 0.29) is 125 Å². The predicted molar refractivity (Wildman–Crippen MR) is 287 cm³/mol. The van der Waals surface area contributed by atoms with Gasteiger partial charge in [-0.2, -0.15) is 10.4 Å². The number of halogens is 1. The fourth-order valence-corrected chi connectivity index (χ4v) is 10.1. The highest BCUT2D eigenvalue weighted by atomic mass is 19.1. The number of fused-ring (bicyclic) bond motifs is 8. The number of nitrogens with zero attached hydrogens (tertiary/aromatic N) is 8. The van der Waals surface area contributed by atoms with Crippen LogP contribution in [-0.4, -0.2) is 149 Å². The first-order valence-corrected chi connectivity index (χ1v) is 26.6. The number of aromatic nitrogens is 4. The topological polar surface area (TPSA) is 284 Å². The molecule has 7 N–H and O–H groups in total.